The lowest BCUT2D eigenvalue weighted by atomic mass is 10.2. The van der Waals surface area contributed by atoms with Crippen LogP contribution in [-0.2, 0) is 6.42 Å². The summed E-state index contributed by atoms with van der Waals surface area (Å²) in [7, 11) is 1.83. The summed E-state index contributed by atoms with van der Waals surface area (Å²) in [5.41, 5.74) is 1.35. The summed E-state index contributed by atoms with van der Waals surface area (Å²) in [6.45, 7) is 9.65. The maximum Gasteiger partial charge on any atom is 0.190 e. The van der Waals surface area contributed by atoms with Gasteiger partial charge in [-0.1, -0.05) is 18.2 Å². The van der Waals surface area contributed by atoms with Crippen LogP contribution in [0.1, 0.15) is 22.7 Å². The average Bonchev–Trinajstić information content (AvgIpc) is 3.18. The molecule has 2 heterocycles. The Labute approximate surface area is 202 Å². The highest BCUT2D eigenvalue weighted by molar-refractivity contribution is 14.0. The molecule has 8 heteroatoms. The van der Waals surface area contributed by atoms with Crippen molar-refractivity contribution in [2.45, 2.75) is 26.2 Å². The monoisotopic (exact) mass is 542 g/mol. The van der Waals surface area contributed by atoms with E-state index in [4.69, 9.17) is 0 Å². The van der Waals surface area contributed by atoms with Gasteiger partial charge >= 0.3 is 0 Å². The minimum atomic E-state index is 0. The smallest absolute Gasteiger partial charge is 0.190 e. The molecule has 0 saturated carbocycles. The summed E-state index contributed by atoms with van der Waals surface area (Å²) in [5, 5.41) is 7.98. The van der Waals surface area contributed by atoms with E-state index in [1.807, 2.05) is 13.2 Å². The lowest BCUT2D eigenvalue weighted by molar-refractivity contribution is 0.253. The van der Waals surface area contributed by atoms with Crippen LogP contribution < -0.4 is 15.5 Å². The van der Waals surface area contributed by atoms with Crippen LogP contribution in [0.5, 0.6) is 0 Å². The fourth-order valence-electron chi connectivity index (χ4n) is 3.56. The van der Waals surface area contributed by atoms with Crippen molar-refractivity contribution in [2.24, 2.45) is 4.99 Å². The van der Waals surface area contributed by atoms with Crippen LogP contribution in [0.4, 0.5) is 5.69 Å². The Morgan fingerprint density at radius 2 is 1.80 bits per heavy atom. The molecule has 0 atom stereocenters. The predicted molar refractivity (Wildman–Crippen MR) is 140 cm³/mol. The van der Waals surface area contributed by atoms with Crippen LogP contribution in [0.25, 0.3) is 0 Å². The second-order valence-corrected chi connectivity index (χ2v) is 8.73. The number of hydrogen-bond donors (Lipinski definition) is 2. The van der Waals surface area contributed by atoms with Gasteiger partial charge in [0.1, 0.15) is 0 Å². The van der Waals surface area contributed by atoms with Crippen molar-refractivity contribution in [3.05, 3.63) is 46.4 Å². The molecule has 1 fully saturated rings. The number of nitrogens with zero attached hydrogens (tertiary/aromatic N) is 4. The van der Waals surface area contributed by atoms with Crippen molar-refractivity contribution in [2.75, 3.05) is 57.8 Å². The molecule has 3 rings (SSSR count). The van der Waals surface area contributed by atoms with Crippen molar-refractivity contribution in [1.29, 1.82) is 0 Å². The first-order chi connectivity index (χ1) is 14.2. The van der Waals surface area contributed by atoms with Crippen LogP contribution in [-0.4, -0.2) is 68.7 Å². The van der Waals surface area contributed by atoms with Gasteiger partial charge in [0, 0.05) is 69.5 Å². The molecular formula is C22H35IN6S. The van der Waals surface area contributed by atoms with E-state index in [-0.39, 0.29) is 24.0 Å². The second-order valence-electron chi connectivity index (χ2n) is 7.41. The first-order valence-electron chi connectivity index (χ1n) is 10.6. The van der Waals surface area contributed by atoms with Crippen LogP contribution in [0.3, 0.4) is 0 Å². The van der Waals surface area contributed by atoms with Crippen molar-refractivity contribution < 1.29 is 0 Å². The third-order valence-electron chi connectivity index (χ3n) is 5.21. The van der Waals surface area contributed by atoms with Gasteiger partial charge in [-0.2, -0.15) is 0 Å². The number of aliphatic imine (C=N–C) groups is 1. The number of nitrogens with one attached hydrogen (secondary N) is 2. The van der Waals surface area contributed by atoms with E-state index in [1.54, 1.807) is 11.3 Å². The molecule has 0 unspecified atom stereocenters. The highest BCUT2D eigenvalue weighted by Crippen LogP contribution is 2.15. The zero-order valence-corrected chi connectivity index (χ0v) is 21.3. The summed E-state index contributed by atoms with van der Waals surface area (Å²) < 4.78 is 0. The first-order valence-corrected chi connectivity index (χ1v) is 11.4. The van der Waals surface area contributed by atoms with E-state index in [1.165, 1.54) is 28.5 Å². The number of hydrogen-bond acceptors (Lipinski definition) is 5. The average molecular weight is 543 g/mol. The standard InChI is InChI=1S/C22H34N6S.HI/c1-19-18-26-21(29-19)10-12-25-22(23-2)24-11-6-7-13-27-14-16-28(17-15-27)20-8-4-3-5-9-20;/h3-5,8-9,18H,6-7,10-17H2,1-2H3,(H2,23,24,25);1H. The SMILES string of the molecule is CN=C(NCCCCN1CCN(c2ccccc2)CC1)NCCc1ncc(C)s1.I. The molecule has 1 saturated heterocycles. The first kappa shape index (κ1) is 24.9. The van der Waals surface area contributed by atoms with Gasteiger partial charge in [-0.15, -0.1) is 35.3 Å². The minimum absolute atomic E-state index is 0. The largest absolute Gasteiger partial charge is 0.369 e. The van der Waals surface area contributed by atoms with Crippen molar-refractivity contribution in [3.8, 4) is 0 Å². The summed E-state index contributed by atoms with van der Waals surface area (Å²) >= 11 is 1.76. The number of anilines is 1. The number of aryl methyl sites for hydroxylation is 1. The van der Waals surface area contributed by atoms with Gasteiger partial charge in [-0.05, 0) is 38.4 Å². The number of halogens is 1. The molecule has 0 amide bonds. The number of benzene rings is 1. The van der Waals surface area contributed by atoms with Gasteiger partial charge < -0.3 is 15.5 Å². The number of guanidine groups is 1. The highest BCUT2D eigenvalue weighted by atomic mass is 127. The van der Waals surface area contributed by atoms with Gasteiger partial charge in [0.25, 0.3) is 0 Å². The summed E-state index contributed by atoms with van der Waals surface area (Å²) in [6, 6.07) is 10.7. The molecule has 0 bridgehead atoms. The molecule has 0 aliphatic carbocycles. The Hall–Kier alpha value is -1.39. The zero-order chi connectivity index (χ0) is 20.3. The summed E-state index contributed by atoms with van der Waals surface area (Å²) in [4.78, 5) is 15.1. The third-order valence-corrected chi connectivity index (χ3v) is 6.18. The fraction of sp³-hybridized carbons (Fsp3) is 0.545. The van der Waals surface area contributed by atoms with E-state index >= 15 is 0 Å². The van der Waals surface area contributed by atoms with Gasteiger partial charge in [-0.3, -0.25) is 9.89 Å². The van der Waals surface area contributed by atoms with E-state index < -0.39 is 0 Å². The molecule has 0 radical (unpaired) electrons. The second kappa shape index (κ2) is 13.8. The highest BCUT2D eigenvalue weighted by Gasteiger charge is 2.16. The van der Waals surface area contributed by atoms with Gasteiger partial charge in [0.05, 0.1) is 5.01 Å². The quantitative estimate of drug-likeness (QED) is 0.220. The maximum absolute atomic E-state index is 4.40. The molecule has 6 nitrogen and oxygen atoms in total. The van der Waals surface area contributed by atoms with Crippen molar-refractivity contribution in [1.82, 2.24) is 20.5 Å². The third kappa shape index (κ3) is 8.39. The molecule has 1 aliphatic rings. The molecule has 30 heavy (non-hydrogen) atoms. The molecule has 2 N–H and O–H groups in total. The Morgan fingerprint density at radius 1 is 1.07 bits per heavy atom. The normalized spacial score (nSPS) is 15.0. The van der Waals surface area contributed by atoms with Gasteiger partial charge in [-0.25, -0.2) is 4.98 Å². The van der Waals surface area contributed by atoms with E-state index in [0.717, 1.165) is 58.1 Å². The number of aromatic nitrogens is 1. The zero-order valence-electron chi connectivity index (χ0n) is 18.1. The summed E-state index contributed by atoms with van der Waals surface area (Å²) in [6.07, 6.45) is 5.25. The van der Waals surface area contributed by atoms with E-state index in [9.17, 15) is 0 Å². The van der Waals surface area contributed by atoms with E-state index in [0.29, 0.717) is 0 Å². The Balaban J connectivity index is 0.00000320. The summed E-state index contributed by atoms with van der Waals surface area (Å²) in [5.74, 6) is 0.884. The fourth-order valence-corrected chi connectivity index (χ4v) is 4.35. The molecular weight excluding hydrogens is 507 g/mol. The lowest BCUT2D eigenvalue weighted by Gasteiger charge is -2.36. The van der Waals surface area contributed by atoms with Gasteiger partial charge in [0.15, 0.2) is 5.96 Å². The Bertz CT molecular complexity index is 743. The van der Waals surface area contributed by atoms with Crippen LogP contribution in [0, 0.1) is 6.92 Å². The molecule has 1 aromatic heterocycles. The lowest BCUT2D eigenvalue weighted by Crippen LogP contribution is -2.46. The molecule has 166 valence electrons. The molecule has 1 aliphatic heterocycles. The Kier molecular flexibility index (Phi) is 11.5. The number of thiazole rings is 1. The van der Waals surface area contributed by atoms with Crippen molar-refractivity contribution >= 4 is 47.0 Å². The van der Waals surface area contributed by atoms with E-state index in [2.05, 4.69) is 67.7 Å². The number of unbranched alkanes of at least 4 members (excludes halogenated alkanes) is 1. The number of rotatable bonds is 9. The van der Waals surface area contributed by atoms with Crippen LogP contribution in [0.15, 0.2) is 41.5 Å². The number of para-hydroxylation sites is 1. The maximum atomic E-state index is 4.40. The molecule has 0 spiro atoms. The van der Waals surface area contributed by atoms with Crippen LogP contribution >= 0.6 is 35.3 Å². The topological polar surface area (TPSA) is 55.8 Å². The van der Waals surface area contributed by atoms with Crippen LogP contribution in [0.2, 0.25) is 0 Å². The number of piperazine rings is 1. The molecule has 1 aromatic carbocycles. The minimum Gasteiger partial charge on any atom is -0.369 e. The van der Waals surface area contributed by atoms with Gasteiger partial charge in [0.2, 0.25) is 0 Å². The van der Waals surface area contributed by atoms with Crippen molar-refractivity contribution in [3.63, 3.8) is 0 Å². The predicted octanol–water partition coefficient (Wildman–Crippen LogP) is 3.38. The Morgan fingerprint density at radius 3 is 2.47 bits per heavy atom. The molecule has 2 aromatic rings.